The van der Waals surface area contributed by atoms with Crippen LogP contribution in [-0.4, -0.2) is 9.97 Å². The smallest absolute Gasteiger partial charge is 0.126 e. The molecule has 5 aromatic rings. The van der Waals surface area contributed by atoms with E-state index in [1.807, 2.05) is 0 Å². The van der Waals surface area contributed by atoms with Crippen molar-refractivity contribution < 1.29 is 0 Å². The number of H-pyrrole nitrogens is 1. The lowest BCUT2D eigenvalue weighted by Crippen LogP contribution is -1.82. The van der Waals surface area contributed by atoms with E-state index in [-0.39, 0.29) is 0 Å². The molecule has 0 unspecified atom stereocenters. The summed E-state index contributed by atoms with van der Waals surface area (Å²) in [6, 6.07) is 23.4. The van der Waals surface area contributed by atoms with Gasteiger partial charge in [-0.3, -0.25) is 0 Å². The molecule has 0 spiro atoms. The Hall–Kier alpha value is -2.91. The van der Waals surface area contributed by atoms with Gasteiger partial charge < -0.3 is 4.98 Å². The zero-order valence-electron chi connectivity index (χ0n) is 13.8. The molecule has 0 aliphatic rings. The molecule has 3 heteroatoms. The van der Waals surface area contributed by atoms with Crippen LogP contribution in [0.3, 0.4) is 0 Å². The minimum atomic E-state index is 1.04. The summed E-state index contributed by atoms with van der Waals surface area (Å²) in [7, 11) is 0. The third kappa shape index (κ3) is 2.36. The van der Waals surface area contributed by atoms with E-state index in [0.717, 1.165) is 16.2 Å². The monoisotopic (exact) mass is 340 g/mol. The van der Waals surface area contributed by atoms with E-state index < -0.39 is 0 Å². The molecular weight excluding hydrogens is 324 g/mol. The maximum absolute atomic E-state index is 4.94. The molecule has 2 nitrogen and oxygen atoms in total. The number of benzene rings is 3. The molecular formula is C22H16N2S. The van der Waals surface area contributed by atoms with Gasteiger partial charge in [-0.1, -0.05) is 54.6 Å². The molecule has 0 saturated carbocycles. The van der Waals surface area contributed by atoms with Crippen LogP contribution in [-0.2, 0) is 0 Å². The van der Waals surface area contributed by atoms with Crippen LogP contribution in [0.4, 0.5) is 0 Å². The van der Waals surface area contributed by atoms with Gasteiger partial charge in [0.15, 0.2) is 0 Å². The van der Waals surface area contributed by atoms with Crippen molar-refractivity contribution in [3.05, 3.63) is 77.8 Å². The molecule has 0 amide bonds. The zero-order chi connectivity index (χ0) is 16.8. The van der Waals surface area contributed by atoms with E-state index in [4.69, 9.17) is 4.98 Å². The lowest BCUT2D eigenvalue weighted by molar-refractivity contribution is 1.29. The average molecular weight is 340 g/mol. The molecule has 1 N–H and O–H groups in total. The molecule has 3 aromatic carbocycles. The standard InChI is InChI=1S/C22H16N2S/c1-14-21(18-8-4-5-9-19(18)23-14)22-24-20(13-25-22)17-11-10-15-6-2-3-7-16(15)12-17/h2-13,23H,1H3. The van der Waals surface area contributed by atoms with Crippen LogP contribution in [0.2, 0.25) is 0 Å². The summed E-state index contributed by atoms with van der Waals surface area (Å²) in [5, 5.41) is 6.96. The fraction of sp³-hybridized carbons (Fsp3) is 0.0455. The van der Waals surface area contributed by atoms with Crippen LogP contribution in [0, 0.1) is 6.92 Å². The fourth-order valence-electron chi connectivity index (χ4n) is 3.42. The predicted octanol–water partition coefficient (Wildman–Crippen LogP) is 6.42. The number of aryl methyl sites for hydroxylation is 1. The van der Waals surface area contributed by atoms with Crippen LogP contribution >= 0.6 is 11.3 Å². The first-order valence-corrected chi connectivity index (χ1v) is 9.20. The molecule has 0 bridgehead atoms. The number of aromatic amines is 1. The number of fused-ring (bicyclic) bond motifs is 2. The van der Waals surface area contributed by atoms with Crippen molar-refractivity contribution in [3.63, 3.8) is 0 Å². The molecule has 0 saturated heterocycles. The van der Waals surface area contributed by atoms with Gasteiger partial charge in [0.2, 0.25) is 0 Å². The summed E-state index contributed by atoms with van der Waals surface area (Å²) in [6.07, 6.45) is 0. The first-order chi connectivity index (χ1) is 12.3. The van der Waals surface area contributed by atoms with Crippen LogP contribution in [0.1, 0.15) is 5.69 Å². The number of thiazole rings is 1. The molecule has 0 radical (unpaired) electrons. The first kappa shape index (κ1) is 14.4. The van der Waals surface area contributed by atoms with Gasteiger partial charge in [0.25, 0.3) is 0 Å². The van der Waals surface area contributed by atoms with Crippen LogP contribution in [0.5, 0.6) is 0 Å². The normalized spacial score (nSPS) is 11.4. The molecule has 5 rings (SSSR count). The lowest BCUT2D eigenvalue weighted by Gasteiger charge is -2.01. The predicted molar refractivity (Wildman–Crippen MR) is 107 cm³/mol. The van der Waals surface area contributed by atoms with E-state index in [1.165, 1.54) is 33.0 Å². The van der Waals surface area contributed by atoms with Crippen molar-refractivity contribution in [1.82, 2.24) is 9.97 Å². The minimum Gasteiger partial charge on any atom is -0.358 e. The number of para-hydroxylation sites is 1. The van der Waals surface area contributed by atoms with Gasteiger partial charge in [0.05, 0.1) is 5.69 Å². The molecule has 2 aromatic heterocycles. The number of nitrogens with zero attached hydrogens (tertiary/aromatic N) is 1. The van der Waals surface area contributed by atoms with Gasteiger partial charge in [-0.25, -0.2) is 4.98 Å². The van der Waals surface area contributed by atoms with Crippen molar-refractivity contribution in [3.8, 4) is 21.8 Å². The van der Waals surface area contributed by atoms with Crippen molar-refractivity contribution in [2.24, 2.45) is 0 Å². The highest BCUT2D eigenvalue weighted by atomic mass is 32.1. The van der Waals surface area contributed by atoms with E-state index in [2.05, 4.69) is 84.0 Å². The molecule has 0 atom stereocenters. The molecule has 0 fully saturated rings. The van der Waals surface area contributed by atoms with E-state index >= 15 is 0 Å². The topological polar surface area (TPSA) is 28.7 Å². The second-order valence-electron chi connectivity index (χ2n) is 6.27. The van der Waals surface area contributed by atoms with Crippen molar-refractivity contribution >= 4 is 33.0 Å². The second kappa shape index (κ2) is 5.57. The van der Waals surface area contributed by atoms with Gasteiger partial charge in [-0.15, -0.1) is 11.3 Å². The average Bonchev–Trinajstić information content (AvgIpc) is 3.24. The Balaban J connectivity index is 1.64. The summed E-state index contributed by atoms with van der Waals surface area (Å²) < 4.78 is 0. The highest BCUT2D eigenvalue weighted by Gasteiger charge is 2.14. The van der Waals surface area contributed by atoms with Crippen LogP contribution in [0.15, 0.2) is 72.1 Å². The minimum absolute atomic E-state index is 1.04. The highest BCUT2D eigenvalue weighted by molar-refractivity contribution is 7.13. The molecule has 120 valence electrons. The summed E-state index contributed by atoms with van der Waals surface area (Å²) in [6.45, 7) is 2.12. The number of hydrogen-bond donors (Lipinski definition) is 1. The first-order valence-electron chi connectivity index (χ1n) is 8.32. The largest absolute Gasteiger partial charge is 0.358 e. The Labute approximate surface area is 149 Å². The third-order valence-electron chi connectivity index (χ3n) is 4.66. The highest BCUT2D eigenvalue weighted by Crippen LogP contribution is 2.36. The second-order valence-corrected chi connectivity index (χ2v) is 7.13. The number of rotatable bonds is 2. The number of nitrogens with one attached hydrogen (secondary N) is 1. The Morgan fingerprint density at radius 1 is 0.880 bits per heavy atom. The van der Waals surface area contributed by atoms with Gasteiger partial charge in [0, 0.05) is 33.1 Å². The fourth-order valence-corrected chi connectivity index (χ4v) is 4.37. The summed E-state index contributed by atoms with van der Waals surface area (Å²) in [5.74, 6) is 0. The number of hydrogen-bond acceptors (Lipinski definition) is 2. The zero-order valence-corrected chi connectivity index (χ0v) is 14.6. The summed E-state index contributed by atoms with van der Waals surface area (Å²) in [5.41, 5.74) is 5.75. The quantitative estimate of drug-likeness (QED) is 0.394. The van der Waals surface area contributed by atoms with E-state index in [0.29, 0.717) is 0 Å². The molecule has 0 aliphatic heterocycles. The van der Waals surface area contributed by atoms with Gasteiger partial charge in [-0.2, -0.15) is 0 Å². The van der Waals surface area contributed by atoms with Gasteiger partial charge in [-0.05, 0) is 29.8 Å². The van der Waals surface area contributed by atoms with Crippen LogP contribution < -0.4 is 0 Å². The van der Waals surface area contributed by atoms with E-state index in [9.17, 15) is 0 Å². The Bertz CT molecular complexity index is 1210. The Morgan fingerprint density at radius 2 is 1.68 bits per heavy atom. The van der Waals surface area contributed by atoms with E-state index in [1.54, 1.807) is 11.3 Å². The third-order valence-corrected chi connectivity index (χ3v) is 5.52. The Morgan fingerprint density at radius 3 is 2.60 bits per heavy atom. The Kier molecular flexibility index (Phi) is 3.22. The van der Waals surface area contributed by atoms with Crippen molar-refractivity contribution in [2.75, 3.05) is 0 Å². The maximum Gasteiger partial charge on any atom is 0.126 e. The molecule has 2 heterocycles. The van der Waals surface area contributed by atoms with Crippen LogP contribution in [0.25, 0.3) is 43.5 Å². The SMILES string of the molecule is Cc1[nH]c2ccccc2c1-c1nc(-c2ccc3ccccc3c2)cs1. The van der Waals surface area contributed by atoms with Gasteiger partial charge >= 0.3 is 0 Å². The van der Waals surface area contributed by atoms with Crippen molar-refractivity contribution in [1.29, 1.82) is 0 Å². The van der Waals surface area contributed by atoms with Gasteiger partial charge in [0.1, 0.15) is 5.01 Å². The maximum atomic E-state index is 4.94. The molecule has 25 heavy (non-hydrogen) atoms. The summed E-state index contributed by atoms with van der Waals surface area (Å²) in [4.78, 5) is 8.40. The lowest BCUT2D eigenvalue weighted by atomic mass is 10.1. The number of aromatic nitrogens is 2. The summed E-state index contributed by atoms with van der Waals surface area (Å²) >= 11 is 1.71. The van der Waals surface area contributed by atoms with Crippen molar-refractivity contribution in [2.45, 2.75) is 6.92 Å². The molecule has 0 aliphatic carbocycles.